The predicted octanol–water partition coefficient (Wildman–Crippen LogP) is 2.55. The van der Waals surface area contributed by atoms with Gasteiger partial charge in [-0.05, 0) is 24.3 Å². The molecule has 0 aliphatic rings. The van der Waals surface area contributed by atoms with E-state index in [0.29, 0.717) is 10.7 Å². The third-order valence-electron chi connectivity index (χ3n) is 2.12. The predicted molar refractivity (Wildman–Crippen MR) is 59.0 cm³/mol. The standard InChI is InChI=1S/C11H9ClN2O/c1-14-6-10(7-15)13-11(14)8-2-4-9(12)5-3-8/h2-7H,1H3. The minimum Gasteiger partial charge on any atom is -0.333 e. The molecule has 0 radical (unpaired) electrons. The number of aryl methyl sites for hydroxylation is 1. The van der Waals surface area contributed by atoms with E-state index in [2.05, 4.69) is 4.98 Å². The molecule has 0 saturated heterocycles. The van der Waals surface area contributed by atoms with Gasteiger partial charge in [0.25, 0.3) is 0 Å². The summed E-state index contributed by atoms with van der Waals surface area (Å²) >= 11 is 5.79. The molecule has 3 nitrogen and oxygen atoms in total. The fourth-order valence-corrected chi connectivity index (χ4v) is 1.54. The smallest absolute Gasteiger partial charge is 0.170 e. The summed E-state index contributed by atoms with van der Waals surface area (Å²) in [6.07, 6.45) is 2.43. The Bertz CT molecular complexity index is 488. The molecule has 1 heterocycles. The van der Waals surface area contributed by atoms with E-state index in [1.165, 1.54) is 0 Å². The van der Waals surface area contributed by atoms with Crippen molar-refractivity contribution in [3.8, 4) is 11.4 Å². The van der Waals surface area contributed by atoms with Crippen molar-refractivity contribution in [2.75, 3.05) is 0 Å². The molecule has 76 valence electrons. The Balaban J connectivity index is 2.48. The number of carbonyl (C=O) groups excluding carboxylic acids is 1. The lowest BCUT2D eigenvalue weighted by molar-refractivity contribution is 0.111. The second-order valence-electron chi connectivity index (χ2n) is 3.23. The highest BCUT2D eigenvalue weighted by Gasteiger charge is 2.06. The number of aromatic nitrogens is 2. The Kier molecular flexibility index (Phi) is 2.56. The highest BCUT2D eigenvalue weighted by Crippen LogP contribution is 2.19. The Morgan fingerprint density at radius 3 is 2.53 bits per heavy atom. The number of nitrogens with zero attached hydrogens (tertiary/aromatic N) is 2. The zero-order valence-electron chi connectivity index (χ0n) is 8.14. The van der Waals surface area contributed by atoms with Crippen LogP contribution in [0.4, 0.5) is 0 Å². The molecular formula is C11H9ClN2O. The van der Waals surface area contributed by atoms with Gasteiger partial charge in [-0.1, -0.05) is 11.6 Å². The van der Waals surface area contributed by atoms with Gasteiger partial charge in [0.15, 0.2) is 6.29 Å². The zero-order chi connectivity index (χ0) is 10.8. The van der Waals surface area contributed by atoms with Crippen molar-refractivity contribution in [3.63, 3.8) is 0 Å². The van der Waals surface area contributed by atoms with Gasteiger partial charge < -0.3 is 4.57 Å². The third kappa shape index (κ3) is 1.92. The first-order chi connectivity index (χ1) is 7.20. The zero-order valence-corrected chi connectivity index (χ0v) is 8.90. The van der Waals surface area contributed by atoms with E-state index in [1.54, 1.807) is 18.3 Å². The van der Waals surface area contributed by atoms with Crippen LogP contribution >= 0.6 is 11.6 Å². The van der Waals surface area contributed by atoms with Gasteiger partial charge in [0.2, 0.25) is 0 Å². The average molecular weight is 221 g/mol. The number of hydrogen-bond acceptors (Lipinski definition) is 2. The monoisotopic (exact) mass is 220 g/mol. The highest BCUT2D eigenvalue weighted by atomic mass is 35.5. The molecule has 1 aromatic heterocycles. The molecule has 4 heteroatoms. The molecule has 1 aromatic carbocycles. The van der Waals surface area contributed by atoms with E-state index in [0.717, 1.165) is 17.7 Å². The minimum absolute atomic E-state index is 0.433. The maximum absolute atomic E-state index is 10.6. The highest BCUT2D eigenvalue weighted by molar-refractivity contribution is 6.30. The fourth-order valence-electron chi connectivity index (χ4n) is 1.41. The first-order valence-electron chi connectivity index (χ1n) is 4.45. The largest absolute Gasteiger partial charge is 0.333 e. The molecule has 0 bridgehead atoms. The van der Waals surface area contributed by atoms with Crippen LogP contribution in [-0.2, 0) is 7.05 Å². The molecule has 0 saturated carbocycles. The summed E-state index contributed by atoms with van der Waals surface area (Å²) in [5.41, 5.74) is 1.37. The lowest BCUT2D eigenvalue weighted by Crippen LogP contribution is -1.90. The summed E-state index contributed by atoms with van der Waals surface area (Å²) < 4.78 is 1.81. The molecular weight excluding hydrogens is 212 g/mol. The van der Waals surface area contributed by atoms with Crippen LogP contribution < -0.4 is 0 Å². The quantitative estimate of drug-likeness (QED) is 0.729. The molecule has 0 aliphatic heterocycles. The van der Waals surface area contributed by atoms with Gasteiger partial charge >= 0.3 is 0 Å². The van der Waals surface area contributed by atoms with E-state index >= 15 is 0 Å². The number of rotatable bonds is 2. The number of benzene rings is 1. The van der Waals surface area contributed by atoms with Gasteiger partial charge in [0, 0.05) is 23.8 Å². The summed E-state index contributed by atoms with van der Waals surface area (Å²) in [5, 5.41) is 0.684. The van der Waals surface area contributed by atoms with Crippen LogP contribution in [0.3, 0.4) is 0 Å². The second kappa shape index (κ2) is 3.87. The molecule has 15 heavy (non-hydrogen) atoms. The van der Waals surface area contributed by atoms with Gasteiger partial charge in [-0.25, -0.2) is 4.98 Å². The van der Waals surface area contributed by atoms with Gasteiger partial charge in [-0.2, -0.15) is 0 Å². The molecule has 0 aliphatic carbocycles. The maximum atomic E-state index is 10.6. The van der Waals surface area contributed by atoms with Gasteiger partial charge in [-0.3, -0.25) is 4.79 Å². The third-order valence-corrected chi connectivity index (χ3v) is 2.37. The molecule has 0 atom stereocenters. The number of imidazole rings is 1. The van der Waals surface area contributed by atoms with Crippen LogP contribution in [0.25, 0.3) is 11.4 Å². The van der Waals surface area contributed by atoms with Gasteiger partial charge in [0.05, 0.1) is 0 Å². The van der Waals surface area contributed by atoms with Crippen LogP contribution in [-0.4, -0.2) is 15.8 Å². The first kappa shape index (κ1) is 9.93. The van der Waals surface area contributed by atoms with Crippen molar-refractivity contribution < 1.29 is 4.79 Å². The average Bonchev–Trinajstić information content (AvgIpc) is 2.61. The number of hydrogen-bond donors (Lipinski definition) is 0. The number of halogens is 1. The molecule has 0 unspecified atom stereocenters. The Labute approximate surface area is 92.3 Å². The van der Waals surface area contributed by atoms with E-state index < -0.39 is 0 Å². The molecule has 0 amide bonds. The van der Waals surface area contributed by atoms with Crippen LogP contribution in [0.1, 0.15) is 10.5 Å². The summed E-state index contributed by atoms with van der Waals surface area (Å²) in [6.45, 7) is 0. The van der Waals surface area contributed by atoms with E-state index in [1.807, 2.05) is 23.7 Å². The Hall–Kier alpha value is -1.61. The van der Waals surface area contributed by atoms with Crippen LogP contribution in [0.15, 0.2) is 30.5 Å². The molecule has 2 aromatic rings. The number of aldehydes is 1. The molecule has 2 rings (SSSR count). The summed E-state index contributed by atoms with van der Waals surface area (Å²) in [5.74, 6) is 0.758. The van der Waals surface area contributed by atoms with Gasteiger partial charge in [0.1, 0.15) is 11.5 Å². The Morgan fingerprint density at radius 2 is 2.00 bits per heavy atom. The summed E-state index contributed by atoms with van der Waals surface area (Å²) in [6, 6.07) is 7.34. The Morgan fingerprint density at radius 1 is 1.33 bits per heavy atom. The first-order valence-corrected chi connectivity index (χ1v) is 4.83. The molecule has 0 fully saturated rings. The lowest BCUT2D eigenvalue weighted by Gasteiger charge is -2.00. The fraction of sp³-hybridized carbons (Fsp3) is 0.0909. The molecule has 0 N–H and O–H groups in total. The van der Waals surface area contributed by atoms with Crippen molar-refractivity contribution in [2.45, 2.75) is 0 Å². The normalized spacial score (nSPS) is 10.3. The van der Waals surface area contributed by atoms with Crippen molar-refractivity contribution in [1.82, 2.24) is 9.55 Å². The molecule has 0 spiro atoms. The minimum atomic E-state index is 0.433. The van der Waals surface area contributed by atoms with E-state index in [9.17, 15) is 4.79 Å². The van der Waals surface area contributed by atoms with Crippen LogP contribution in [0.2, 0.25) is 5.02 Å². The van der Waals surface area contributed by atoms with Crippen LogP contribution in [0.5, 0.6) is 0 Å². The van der Waals surface area contributed by atoms with Crippen molar-refractivity contribution in [2.24, 2.45) is 7.05 Å². The maximum Gasteiger partial charge on any atom is 0.170 e. The van der Waals surface area contributed by atoms with Crippen molar-refractivity contribution in [1.29, 1.82) is 0 Å². The topological polar surface area (TPSA) is 34.9 Å². The second-order valence-corrected chi connectivity index (χ2v) is 3.66. The van der Waals surface area contributed by atoms with Crippen LogP contribution in [0, 0.1) is 0 Å². The van der Waals surface area contributed by atoms with Gasteiger partial charge in [-0.15, -0.1) is 0 Å². The lowest BCUT2D eigenvalue weighted by atomic mass is 10.2. The number of carbonyl (C=O) groups is 1. The SMILES string of the molecule is Cn1cc(C=O)nc1-c1ccc(Cl)cc1. The van der Waals surface area contributed by atoms with Crippen molar-refractivity contribution in [3.05, 3.63) is 41.2 Å². The van der Waals surface area contributed by atoms with E-state index in [4.69, 9.17) is 11.6 Å². The van der Waals surface area contributed by atoms with Crippen molar-refractivity contribution >= 4 is 17.9 Å². The van der Waals surface area contributed by atoms with E-state index in [-0.39, 0.29) is 0 Å². The summed E-state index contributed by atoms with van der Waals surface area (Å²) in [7, 11) is 1.85. The summed E-state index contributed by atoms with van der Waals surface area (Å²) in [4.78, 5) is 14.7.